The van der Waals surface area contributed by atoms with Crippen molar-refractivity contribution < 1.29 is 9.53 Å². The van der Waals surface area contributed by atoms with Gasteiger partial charge in [0.05, 0.1) is 12.1 Å². The Hall–Kier alpha value is -0.850. The summed E-state index contributed by atoms with van der Waals surface area (Å²) in [5.74, 6) is -0.0914. The summed E-state index contributed by atoms with van der Waals surface area (Å²) in [5, 5.41) is 3.06. The van der Waals surface area contributed by atoms with Crippen LogP contribution in [0.4, 0.5) is 0 Å². The molecule has 0 heterocycles. The van der Waals surface area contributed by atoms with Crippen molar-refractivity contribution in [3.05, 3.63) is 35.9 Å². The number of nitrogens with two attached hydrogens (primary N) is 1. The van der Waals surface area contributed by atoms with Gasteiger partial charge in [-0.1, -0.05) is 44.2 Å². The van der Waals surface area contributed by atoms with Gasteiger partial charge in [0.25, 0.3) is 0 Å². The van der Waals surface area contributed by atoms with E-state index >= 15 is 0 Å². The van der Waals surface area contributed by atoms with Gasteiger partial charge in [0.15, 0.2) is 0 Å². The third kappa shape index (κ3) is 4.70. The molecule has 0 radical (unpaired) electrons. The molecule has 0 spiro atoms. The first-order valence-electron chi connectivity index (χ1n) is 8.64. The molecule has 3 unspecified atom stereocenters. The van der Waals surface area contributed by atoms with Crippen LogP contribution in [0.5, 0.6) is 0 Å². The van der Waals surface area contributed by atoms with E-state index in [1.165, 1.54) is 5.56 Å². The van der Waals surface area contributed by atoms with Crippen molar-refractivity contribution >= 4 is 30.7 Å². The minimum Gasteiger partial charge on any atom is -0.378 e. The molecule has 3 atom stereocenters. The minimum absolute atomic E-state index is 0. The van der Waals surface area contributed by atoms with E-state index in [9.17, 15) is 4.79 Å². The first-order valence-corrected chi connectivity index (χ1v) is 8.64. The molecular formula is C19H33Cl2N3O2. The first-order chi connectivity index (χ1) is 11.2. The van der Waals surface area contributed by atoms with E-state index < -0.39 is 5.54 Å². The quantitative estimate of drug-likeness (QED) is 0.731. The fraction of sp³-hybridized carbons (Fsp3) is 0.632. The summed E-state index contributed by atoms with van der Waals surface area (Å²) in [6.07, 6.45) is 0.606. The Bertz CT molecular complexity index is 569. The van der Waals surface area contributed by atoms with Crippen LogP contribution in [0.3, 0.4) is 0 Å². The fourth-order valence-electron chi connectivity index (χ4n) is 3.44. The zero-order valence-corrected chi connectivity index (χ0v) is 18.0. The van der Waals surface area contributed by atoms with Crippen LogP contribution in [0, 0.1) is 5.41 Å². The van der Waals surface area contributed by atoms with Crippen molar-refractivity contribution in [2.24, 2.45) is 11.1 Å². The van der Waals surface area contributed by atoms with Crippen LogP contribution in [0.1, 0.15) is 38.8 Å². The van der Waals surface area contributed by atoms with Crippen LogP contribution in [-0.2, 0) is 9.53 Å². The SMILES string of the molecule is CCOC1CC(N)(C(=O)NCC(c2ccccc2)N(C)C)C1(C)C.Cl.Cl. The Morgan fingerprint density at radius 2 is 1.88 bits per heavy atom. The van der Waals surface area contributed by atoms with Crippen molar-refractivity contribution in [2.45, 2.75) is 44.9 Å². The highest BCUT2D eigenvalue weighted by Gasteiger charge is 2.62. The molecule has 1 aromatic carbocycles. The number of ether oxygens (including phenoxy) is 1. The topological polar surface area (TPSA) is 67.6 Å². The van der Waals surface area contributed by atoms with Gasteiger partial charge in [0.2, 0.25) is 5.91 Å². The fourth-order valence-corrected chi connectivity index (χ4v) is 3.44. The van der Waals surface area contributed by atoms with Gasteiger partial charge in [-0.25, -0.2) is 0 Å². The first kappa shape index (κ1) is 25.1. The van der Waals surface area contributed by atoms with Crippen molar-refractivity contribution in [1.82, 2.24) is 10.2 Å². The number of carbonyl (C=O) groups excluding carboxylic acids is 1. The van der Waals surface area contributed by atoms with Gasteiger partial charge >= 0.3 is 0 Å². The average Bonchev–Trinajstić information content (AvgIpc) is 2.55. The molecule has 150 valence electrons. The molecule has 26 heavy (non-hydrogen) atoms. The summed E-state index contributed by atoms with van der Waals surface area (Å²) < 4.78 is 5.70. The summed E-state index contributed by atoms with van der Waals surface area (Å²) in [4.78, 5) is 14.9. The molecular weight excluding hydrogens is 373 g/mol. The highest BCUT2D eigenvalue weighted by atomic mass is 35.5. The van der Waals surface area contributed by atoms with Crippen molar-refractivity contribution in [2.75, 3.05) is 27.2 Å². The van der Waals surface area contributed by atoms with Gasteiger partial charge in [-0.3, -0.25) is 4.79 Å². The second kappa shape index (κ2) is 9.90. The lowest BCUT2D eigenvalue weighted by atomic mass is 9.54. The average molecular weight is 406 g/mol. The van der Waals surface area contributed by atoms with Gasteiger partial charge < -0.3 is 20.7 Å². The molecule has 0 aliphatic heterocycles. The Morgan fingerprint density at radius 3 is 2.35 bits per heavy atom. The number of amides is 1. The number of hydrogen-bond acceptors (Lipinski definition) is 4. The van der Waals surface area contributed by atoms with Crippen molar-refractivity contribution in [1.29, 1.82) is 0 Å². The summed E-state index contributed by atoms with van der Waals surface area (Å²) >= 11 is 0. The number of rotatable bonds is 7. The van der Waals surface area contributed by atoms with Gasteiger partial charge in [0, 0.05) is 25.0 Å². The maximum atomic E-state index is 12.8. The smallest absolute Gasteiger partial charge is 0.240 e. The van der Waals surface area contributed by atoms with Gasteiger partial charge in [0.1, 0.15) is 5.54 Å². The van der Waals surface area contributed by atoms with Crippen molar-refractivity contribution in [3.8, 4) is 0 Å². The van der Waals surface area contributed by atoms with E-state index in [1.807, 2.05) is 53.1 Å². The molecule has 0 saturated heterocycles. The monoisotopic (exact) mass is 405 g/mol. The second-order valence-electron chi connectivity index (χ2n) is 7.44. The zero-order chi connectivity index (χ0) is 18.0. The van der Waals surface area contributed by atoms with E-state index in [2.05, 4.69) is 22.3 Å². The normalized spacial score (nSPS) is 24.7. The van der Waals surface area contributed by atoms with Gasteiger partial charge in [-0.05, 0) is 26.6 Å². The standard InChI is InChI=1S/C19H31N3O2.2ClH/c1-6-24-16-12-19(20,18(16,2)3)17(23)21-13-15(22(4)5)14-10-8-7-9-11-14;;/h7-11,15-16H,6,12-13,20H2,1-5H3,(H,21,23);2*1H. The number of hydrogen-bond donors (Lipinski definition) is 2. The summed E-state index contributed by atoms with van der Waals surface area (Å²) in [6, 6.07) is 10.3. The predicted octanol–water partition coefficient (Wildman–Crippen LogP) is 2.78. The minimum atomic E-state index is -0.875. The molecule has 1 amide bonds. The van der Waals surface area contributed by atoms with E-state index in [1.54, 1.807) is 0 Å². The largest absolute Gasteiger partial charge is 0.378 e. The highest BCUT2D eigenvalue weighted by Crippen LogP contribution is 2.49. The molecule has 1 aromatic rings. The molecule has 0 bridgehead atoms. The van der Waals surface area contributed by atoms with Crippen LogP contribution in [0.15, 0.2) is 30.3 Å². The predicted molar refractivity (Wildman–Crippen MR) is 111 cm³/mol. The number of nitrogens with one attached hydrogen (secondary N) is 1. The summed E-state index contributed by atoms with van der Waals surface area (Å²) in [7, 11) is 4.03. The molecule has 1 saturated carbocycles. The molecule has 3 N–H and O–H groups in total. The van der Waals surface area contributed by atoms with Crippen LogP contribution < -0.4 is 11.1 Å². The molecule has 5 nitrogen and oxygen atoms in total. The third-order valence-electron chi connectivity index (χ3n) is 5.50. The second-order valence-corrected chi connectivity index (χ2v) is 7.44. The van der Waals surface area contributed by atoms with E-state index in [-0.39, 0.29) is 48.3 Å². The number of benzene rings is 1. The van der Waals surface area contributed by atoms with Crippen molar-refractivity contribution in [3.63, 3.8) is 0 Å². The van der Waals surface area contributed by atoms with Crippen LogP contribution in [0.2, 0.25) is 0 Å². The summed E-state index contributed by atoms with van der Waals surface area (Å²) in [5.41, 5.74) is 6.37. The molecule has 7 heteroatoms. The Kier molecular flexibility index (Phi) is 9.58. The number of carbonyl (C=O) groups is 1. The van der Waals surface area contributed by atoms with Crippen LogP contribution in [-0.4, -0.2) is 49.7 Å². The maximum Gasteiger partial charge on any atom is 0.240 e. The van der Waals surface area contributed by atoms with E-state index in [0.717, 1.165) is 0 Å². The summed E-state index contributed by atoms with van der Waals surface area (Å²) in [6.45, 7) is 7.16. The maximum absolute atomic E-state index is 12.8. The van der Waals surface area contributed by atoms with Gasteiger partial charge in [-0.2, -0.15) is 0 Å². The Morgan fingerprint density at radius 1 is 1.31 bits per heavy atom. The zero-order valence-electron chi connectivity index (χ0n) is 16.3. The molecule has 0 aromatic heterocycles. The molecule has 1 aliphatic rings. The lowest BCUT2D eigenvalue weighted by Crippen LogP contribution is -2.76. The molecule has 1 aliphatic carbocycles. The lowest BCUT2D eigenvalue weighted by molar-refractivity contribution is -0.170. The van der Waals surface area contributed by atoms with E-state index in [4.69, 9.17) is 10.5 Å². The third-order valence-corrected chi connectivity index (χ3v) is 5.50. The highest BCUT2D eigenvalue weighted by molar-refractivity contribution is 5.88. The lowest BCUT2D eigenvalue weighted by Gasteiger charge is -2.57. The van der Waals surface area contributed by atoms with Crippen LogP contribution in [0.25, 0.3) is 0 Å². The number of nitrogens with zero attached hydrogens (tertiary/aromatic N) is 1. The number of likely N-dealkylation sites (N-methyl/N-ethyl adjacent to an activating group) is 1. The number of halogens is 2. The Balaban J connectivity index is 0.00000312. The molecule has 1 fully saturated rings. The van der Waals surface area contributed by atoms with E-state index in [0.29, 0.717) is 19.6 Å². The van der Waals surface area contributed by atoms with Crippen LogP contribution >= 0.6 is 24.8 Å². The Labute approximate surface area is 169 Å². The molecule has 2 rings (SSSR count). The van der Waals surface area contributed by atoms with Gasteiger partial charge in [-0.15, -0.1) is 24.8 Å².